The van der Waals surface area contributed by atoms with E-state index in [1.54, 1.807) is 20.9 Å². The number of methoxy groups -OCH3 is 2. The zero-order valence-corrected chi connectivity index (χ0v) is 34.8. The molecule has 2 aromatic carbocycles. The monoisotopic (exact) mass is 829 g/mol. The van der Waals surface area contributed by atoms with Crippen molar-refractivity contribution in [1.82, 2.24) is 40.4 Å². The van der Waals surface area contributed by atoms with Crippen molar-refractivity contribution in [3.8, 4) is 22.5 Å². The number of H-pyrrole nitrogens is 2. The third-order valence-electron chi connectivity index (χ3n) is 11.9. The van der Waals surface area contributed by atoms with Crippen molar-refractivity contribution in [2.24, 2.45) is 11.8 Å². The number of imidazole rings is 2. The van der Waals surface area contributed by atoms with E-state index in [4.69, 9.17) is 9.47 Å². The number of fused-ring (bicyclic) bond motifs is 1. The first-order valence-electron chi connectivity index (χ1n) is 20.5. The van der Waals surface area contributed by atoms with Crippen molar-refractivity contribution < 1.29 is 37.4 Å². The summed E-state index contributed by atoms with van der Waals surface area (Å²) in [6.45, 7) is 9.18. The Morgan fingerprint density at radius 3 is 1.70 bits per heavy atom. The van der Waals surface area contributed by atoms with Crippen LogP contribution in [0.4, 0.5) is 24.1 Å². The highest BCUT2D eigenvalue weighted by atomic mass is 19.1. The largest absolute Gasteiger partial charge is 0.453 e. The summed E-state index contributed by atoms with van der Waals surface area (Å²) >= 11 is 0. The van der Waals surface area contributed by atoms with Crippen LogP contribution in [0.1, 0.15) is 88.2 Å². The van der Waals surface area contributed by atoms with Crippen molar-refractivity contribution in [2.75, 3.05) is 38.8 Å². The standard InChI is InChI=1S/C43H53F2N9O6/c1-23(2)35(50-42(57)59-5)40(55)53-14-7-9-33(53)38-46-20-31(48-38)26-11-12-27-22-52(16-13-25(27)17-26)37-29(44)18-28(19-30(37)45)32-21-47-39(49-32)34-10-8-15-54(34)41(56)36(24(3)4)51-43(58)60-6/h11-12,17-21,23-24,33-36H,7-10,13-16,22H2,1-6H3,(H,46,48)(H,47,49)(H,50,57)(H,51,58)/t33-,34?,35-,36-/m0/s1. The molecular weight excluding hydrogens is 777 g/mol. The number of halogens is 2. The number of likely N-dealkylation sites (tertiary alicyclic amines) is 2. The number of ether oxygens (including phenoxy) is 2. The molecule has 320 valence electrons. The van der Waals surface area contributed by atoms with E-state index in [0.29, 0.717) is 61.9 Å². The average molecular weight is 830 g/mol. The number of aromatic nitrogens is 4. The Kier molecular flexibility index (Phi) is 12.4. The molecule has 2 aromatic heterocycles. The number of carbonyl (C=O) groups is 4. The van der Waals surface area contributed by atoms with E-state index in [1.165, 1.54) is 32.5 Å². The number of anilines is 1. The summed E-state index contributed by atoms with van der Waals surface area (Å²) in [5.74, 6) is -0.980. The van der Waals surface area contributed by atoms with Crippen LogP contribution in [0.2, 0.25) is 0 Å². The Morgan fingerprint density at radius 2 is 1.22 bits per heavy atom. The van der Waals surface area contributed by atoms with Gasteiger partial charge in [0.25, 0.3) is 0 Å². The lowest BCUT2D eigenvalue weighted by atomic mass is 9.96. The zero-order valence-electron chi connectivity index (χ0n) is 34.8. The summed E-state index contributed by atoms with van der Waals surface area (Å²) in [7, 11) is 2.51. The van der Waals surface area contributed by atoms with Crippen LogP contribution in [-0.4, -0.2) is 99.7 Å². The summed E-state index contributed by atoms with van der Waals surface area (Å²) in [4.78, 5) is 72.0. The maximum atomic E-state index is 15.9. The van der Waals surface area contributed by atoms with Crippen LogP contribution in [-0.2, 0) is 32.0 Å². The molecule has 7 rings (SSSR count). The molecule has 5 heterocycles. The molecule has 15 nitrogen and oxygen atoms in total. The van der Waals surface area contributed by atoms with E-state index < -0.39 is 35.9 Å². The molecule has 2 saturated heterocycles. The highest BCUT2D eigenvalue weighted by molar-refractivity contribution is 5.87. The molecule has 3 aliphatic heterocycles. The summed E-state index contributed by atoms with van der Waals surface area (Å²) in [6, 6.07) is 6.43. The van der Waals surface area contributed by atoms with Gasteiger partial charge in [0.2, 0.25) is 11.8 Å². The molecule has 0 radical (unpaired) electrons. The number of nitrogens with one attached hydrogen (secondary N) is 4. The second-order valence-electron chi connectivity index (χ2n) is 16.4. The molecule has 0 bridgehead atoms. The predicted molar refractivity (Wildman–Crippen MR) is 218 cm³/mol. The molecule has 3 aliphatic rings. The quantitative estimate of drug-likeness (QED) is 0.133. The molecule has 0 saturated carbocycles. The molecule has 1 unspecified atom stereocenters. The van der Waals surface area contributed by atoms with E-state index in [2.05, 4.69) is 36.6 Å². The fourth-order valence-electron chi connectivity index (χ4n) is 8.63. The third kappa shape index (κ3) is 8.52. The first-order chi connectivity index (χ1) is 28.8. The molecule has 60 heavy (non-hydrogen) atoms. The van der Waals surface area contributed by atoms with Crippen molar-refractivity contribution in [3.63, 3.8) is 0 Å². The number of aromatic amines is 2. The van der Waals surface area contributed by atoms with Gasteiger partial charge in [0, 0.05) is 31.7 Å². The number of alkyl carbamates (subject to hydrolysis) is 2. The van der Waals surface area contributed by atoms with Crippen molar-refractivity contribution in [3.05, 3.63) is 77.1 Å². The third-order valence-corrected chi connectivity index (χ3v) is 11.9. The van der Waals surface area contributed by atoms with E-state index in [1.807, 2.05) is 39.8 Å². The van der Waals surface area contributed by atoms with Gasteiger partial charge in [0.15, 0.2) is 0 Å². The molecule has 2 fully saturated rings. The maximum Gasteiger partial charge on any atom is 0.407 e. The van der Waals surface area contributed by atoms with Gasteiger partial charge in [-0.25, -0.2) is 28.3 Å². The van der Waals surface area contributed by atoms with Crippen LogP contribution in [0.25, 0.3) is 22.5 Å². The number of hydrogen-bond donors (Lipinski definition) is 4. The van der Waals surface area contributed by atoms with Gasteiger partial charge in [0.1, 0.15) is 41.1 Å². The highest BCUT2D eigenvalue weighted by Gasteiger charge is 2.39. The minimum Gasteiger partial charge on any atom is -0.453 e. The Balaban J connectivity index is 1.02. The zero-order chi connectivity index (χ0) is 42.8. The lowest BCUT2D eigenvalue weighted by Gasteiger charge is -2.31. The minimum absolute atomic E-state index is 0.103. The van der Waals surface area contributed by atoms with Crippen LogP contribution < -0.4 is 15.5 Å². The first kappa shape index (κ1) is 42.1. The SMILES string of the molecule is COC(=O)N[C@H](C(=O)N1CCCC1c1ncc(-c2cc(F)c(N3CCc4cc(-c5cnc([C@@H]6CCCN6C(=O)[C@@H](NC(=O)OC)C(C)C)[nH]5)ccc4C3)c(F)c2)[nH]1)C(C)C. The smallest absolute Gasteiger partial charge is 0.407 e. The van der Waals surface area contributed by atoms with E-state index in [9.17, 15) is 19.2 Å². The van der Waals surface area contributed by atoms with Gasteiger partial charge in [-0.1, -0.05) is 39.8 Å². The molecule has 4 amide bonds. The van der Waals surface area contributed by atoms with Gasteiger partial charge in [-0.2, -0.15) is 0 Å². The number of benzene rings is 2. The number of amides is 4. The Bertz CT molecular complexity index is 2220. The summed E-state index contributed by atoms with van der Waals surface area (Å²) in [5.41, 5.74) is 4.32. The van der Waals surface area contributed by atoms with E-state index >= 15 is 8.78 Å². The molecular formula is C43H53F2N9O6. The van der Waals surface area contributed by atoms with Crippen molar-refractivity contribution >= 4 is 29.7 Å². The second kappa shape index (κ2) is 17.7. The number of nitrogens with zero attached hydrogens (tertiary/aromatic N) is 5. The van der Waals surface area contributed by atoms with Crippen LogP contribution in [0.5, 0.6) is 0 Å². The highest BCUT2D eigenvalue weighted by Crippen LogP contribution is 2.37. The lowest BCUT2D eigenvalue weighted by molar-refractivity contribution is -0.136. The Labute approximate surface area is 347 Å². The van der Waals surface area contributed by atoms with Crippen LogP contribution in [0, 0.1) is 23.5 Å². The van der Waals surface area contributed by atoms with Gasteiger partial charge in [0.05, 0.1) is 50.1 Å². The van der Waals surface area contributed by atoms with Crippen LogP contribution >= 0.6 is 0 Å². The fraction of sp³-hybridized carbons (Fsp3) is 0.488. The maximum absolute atomic E-state index is 15.9. The fourth-order valence-corrected chi connectivity index (χ4v) is 8.63. The number of hydrogen-bond acceptors (Lipinski definition) is 9. The average Bonchev–Trinajstić information content (AvgIpc) is 4.07. The second-order valence-corrected chi connectivity index (χ2v) is 16.4. The summed E-state index contributed by atoms with van der Waals surface area (Å²) < 4.78 is 41.3. The Hall–Kier alpha value is -6.00. The van der Waals surface area contributed by atoms with Crippen LogP contribution in [0.3, 0.4) is 0 Å². The molecule has 4 atom stereocenters. The van der Waals surface area contributed by atoms with Crippen molar-refractivity contribution in [1.29, 1.82) is 0 Å². The molecule has 4 aromatic rings. The summed E-state index contributed by atoms with van der Waals surface area (Å²) in [5, 5.41) is 5.31. The first-order valence-corrected chi connectivity index (χ1v) is 20.5. The molecule has 0 aliphatic carbocycles. The number of rotatable bonds is 11. The van der Waals surface area contributed by atoms with E-state index in [-0.39, 0.29) is 41.4 Å². The van der Waals surface area contributed by atoms with Gasteiger partial charge in [-0.3, -0.25) is 9.59 Å². The number of carbonyl (C=O) groups excluding carboxylic acids is 4. The lowest BCUT2D eigenvalue weighted by Crippen LogP contribution is -2.51. The normalized spacial score (nSPS) is 18.7. The minimum atomic E-state index is -0.784. The topological polar surface area (TPSA) is 178 Å². The van der Waals surface area contributed by atoms with Gasteiger partial charge >= 0.3 is 12.2 Å². The molecule has 17 heteroatoms. The van der Waals surface area contributed by atoms with Crippen LogP contribution in [0.15, 0.2) is 42.7 Å². The van der Waals surface area contributed by atoms with Gasteiger partial charge in [-0.05, 0) is 78.8 Å². The molecule has 0 spiro atoms. The van der Waals surface area contributed by atoms with Crippen molar-refractivity contribution in [2.45, 2.75) is 90.5 Å². The summed E-state index contributed by atoms with van der Waals surface area (Å²) in [6.07, 6.45) is 5.41. The predicted octanol–water partition coefficient (Wildman–Crippen LogP) is 6.40. The Morgan fingerprint density at radius 1 is 0.717 bits per heavy atom. The van der Waals surface area contributed by atoms with E-state index in [0.717, 1.165) is 41.6 Å². The van der Waals surface area contributed by atoms with Gasteiger partial charge < -0.3 is 44.8 Å². The molecule has 4 N–H and O–H groups in total. The van der Waals surface area contributed by atoms with Gasteiger partial charge in [-0.15, -0.1) is 0 Å².